The molecule has 2 rings (SSSR count). The van der Waals surface area contributed by atoms with E-state index in [1.54, 1.807) is 30.6 Å². The summed E-state index contributed by atoms with van der Waals surface area (Å²) in [6, 6.07) is 4.99. The van der Waals surface area contributed by atoms with Crippen LogP contribution < -0.4 is 11.1 Å². The quantitative estimate of drug-likeness (QED) is 0.832. The number of aromatic nitrogens is 2. The van der Waals surface area contributed by atoms with E-state index in [9.17, 15) is 4.79 Å². The number of nitrogens with two attached hydrogens (primary N) is 1. The van der Waals surface area contributed by atoms with Gasteiger partial charge in [0, 0.05) is 23.8 Å². The standard InChI is InChI=1S/C14H17ClN4O/c1-2-3-13-17-6-7-19(13)9-14(20)18-12-5-4-10(15)8-11(12)16/h4-8H,2-3,9,16H2,1H3,(H,18,20). The van der Waals surface area contributed by atoms with Gasteiger partial charge < -0.3 is 15.6 Å². The molecule has 3 N–H and O–H groups in total. The van der Waals surface area contributed by atoms with Crippen molar-refractivity contribution >= 4 is 28.9 Å². The first-order valence-corrected chi connectivity index (χ1v) is 6.83. The fraction of sp³-hybridized carbons (Fsp3) is 0.286. The molecule has 0 spiro atoms. The number of rotatable bonds is 5. The minimum absolute atomic E-state index is 0.144. The van der Waals surface area contributed by atoms with E-state index >= 15 is 0 Å². The SMILES string of the molecule is CCCc1nccn1CC(=O)Nc1ccc(Cl)cc1N. The van der Waals surface area contributed by atoms with E-state index in [0.29, 0.717) is 16.4 Å². The average Bonchev–Trinajstić information content (AvgIpc) is 2.81. The van der Waals surface area contributed by atoms with Crippen LogP contribution in [0.2, 0.25) is 5.02 Å². The molecule has 1 amide bonds. The third-order valence-corrected chi connectivity index (χ3v) is 3.11. The first kappa shape index (κ1) is 14.4. The topological polar surface area (TPSA) is 72.9 Å². The van der Waals surface area contributed by atoms with Crippen LogP contribution >= 0.6 is 11.6 Å². The van der Waals surface area contributed by atoms with Crippen LogP contribution in [0, 0.1) is 0 Å². The maximum absolute atomic E-state index is 12.0. The van der Waals surface area contributed by atoms with Gasteiger partial charge in [-0.1, -0.05) is 18.5 Å². The van der Waals surface area contributed by atoms with E-state index in [0.717, 1.165) is 18.7 Å². The number of nitrogens with zero attached hydrogens (tertiary/aromatic N) is 2. The lowest BCUT2D eigenvalue weighted by atomic mass is 10.2. The van der Waals surface area contributed by atoms with Crippen LogP contribution in [0.1, 0.15) is 19.2 Å². The molecule has 0 unspecified atom stereocenters. The Morgan fingerprint density at radius 3 is 3.00 bits per heavy atom. The van der Waals surface area contributed by atoms with E-state index in [-0.39, 0.29) is 12.5 Å². The molecule has 106 valence electrons. The lowest BCUT2D eigenvalue weighted by molar-refractivity contribution is -0.116. The zero-order chi connectivity index (χ0) is 14.5. The third kappa shape index (κ3) is 3.51. The third-order valence-electron chi connectivity index (χ3n) is 2.88. The molecule has 5 nitrogen and oxygen atoms in total. The number of nitrogen functional groups attached to an aromatic ring is 1. The first-order chi connectivity index (χ1) is 9.60. The predicted molar refractivity (Wildman–Crippen MR) is 80.7 cm³/mol. The van der Waals surface area contributed by atoms with E-state index in [1.165, 1.54) is 0 Å². The summed E-state index contributed by atoms with van der Waals surface area (Å²) in [5.74, 6) is 0.765. The largest absolute Gasteiger partial charge is 0.397 e. The molecule has 0 radical (unpaired) electrons. The van der Waals surface area contributed by atoms with Gasteiger partial charge in [0.2, 0.25) is 5.91 Å². The first-order valence-electron chi connectivity index (χ1n) is 6.45. The van der Waals surface area contributed by atoms with Crippen LogP contribution in [0.15, 0.2) is 30.6 Å². The van der Waals surface area contributed by atoms with Gasteiger partial charge in [-0.2, -0.15) is 0 Å². The van der Waals surface area contributed by atoms with E-state index in [2.05, 4.69) is 17.2 Å². The van der Waals surface area contributed by atoms with Gasteiger partial charge in [-0.15, -0.1) is 0 Å². The number of hydrogen-bond acceptors (Lipinski definition) is 3. The Morgan fingerprint density at radius 1 is 1.50 bits per heavy atom. The molecule has 0 bridgehead atoms. The van der Waals surface area contributed by atoms with Gasteiger partial charge in [0.1, 0.15) is 12.4 Å². The maximum Gasteiger partial charge on any atom is 0.244 e. The van der Waals surface area contributed by atoms with Crippen molar-refractivity contribution in [2.75, 3.05) is 11.1 Å². The number of aryl methyl sites for hydroxylation is 1. The average molecular weight is 293 g/mol. The summed E-state index contributed by atoms with van der Waals surface area (Å²) in [6.07, 6.45) is 5.34. The number of benzene rings is 1. The zero-order valence-corrected chi connectivity index (χ0v) is 12.0. The van der Waals surface area contributed by atoms with Crippen LogP contribution in [0.4, 0.5) is 11.4 Å². The number of halogens is 1. The Bertz CT molecular complexity index is 609. The molecule has 1 aromatic heterocycles. The highest BCUT2D eigenvalue weighted by molar-refractivity contribution is 6.31. The fourth-order valence-electron chi connectivity index (χ4n) is 1.93. The second-order valence-corrected chi connectivity index (χ2v) is 4.94. The Hall–Kier alpha value is -2.01. The van der Waals surface area contributed by atoms with Crippen molar-refractivity contribution in [3.05, 3.63) is 41.4 Å². The zero-order valence-electron chi connectivity index (χ0n) is 11.3. The van der Waals surface area contributed by atoms with E-state index in [4.69, 9.17) is 17.3 Å². The Morgan fingerprint density at radius 2 is 2.30 bits per heavy atom. The molecule has 0 aliphatic heterocycles. The molecular weight excluding hydrogens is 276 g/mol. The van der Waals surface area contributed by atoms with Gasteiger partial charge in [-0.25, -0.2) is 4.98 Å². The molecule has 0 aliphatic rings. The highest BCUT2D eigenvalue weighted by atomic mass is 35.5. The molecule has 0 aliphatic carbocycles. The van der Waals surface area contributed by atoms with Crippen molar-refractivity contribution in [2.24, 2.45) is 0 Å². The second-order valence-electron chi connectivity index (χ2n) is 4.50. The molecule has 20 heavy (non-hydrogen) atoms. The van der Waals surface area contributed by atoms with Gasteiger partial charge in [0.05, 0.1) is 11.4 Å². The lowest BCUT2D eigenvalue weighted by Crippen LogP contribution is -2.20. The molecule has 0 atom stereocenters. The summed E-state index contributed by atoms with van der Waals surface area (Å²) < 4.78 is 1.84. The second kappa shape index (κ2) is 6.43. The van der Waals surface area contributed by atoms with Crippen molar-refractivity contribution in [3.8, 4) is 0 Å². The van der Waals surface area contributed by atoms with Gasteiger partial charge >= 0.3 is 0 Å². The van der Waals surface area contributed by atoms with Crippen LogP contribution in [-0.4, -0.2) is 15.5 Å². The van der Waals surface area contributed by atoms with Crippen molar-refractivity contribution in [2.45, 2.75) is 26.3 Å². The predicted octanol–water partition coefficient (Wildman–Crippen LogP) is 2.71. The van der Waals surface area contributed by atoms with Gasteiger partial charge in [0.15, 0.2) is 0 Å². The van der Waals surface area contributed by atoms with Gasteiger partial charge in [-0.3, -0.25) is 4.79 Å². The number of hydrogen-bond donors (Lipinski definition) is 2. The van der Waals surface area contributed by atoms with Crippen LogP contribution in [0.3, 0.4) is 0 Å². The molecular formula is C14H17ClN4O. The monoisotopic (exact) mass is 292 g/mol. The Kier molecular flexibility index (Phi) is 4.63. The molecule has 1 aromatic carbocycles. The van der Waals surface area contributed by atoms with E-state index < -0.39 is 0 Å². The minimum Gasteiger partial charge on any atom is -0.397 e. The number of carbonyl (C=O) groups is 1. The summed E-state index contributed by atoms with van der Waals surface area (Å²) in [4.78, 5) is 16.3. The number of nitrogens with one attached hydrogen (secondary N) is 1. The van der Waals surface area contributed by atoms with Gasteiger partial charge in [0.25, 0.3) is 0 Å². The van der Waals surface area contributed by atoms with Crippen molar-refractivity contribution in [1.82, 2.24) is 9.55 Å². The van der Waals surface area contributed by atoms with Crippen molar-refractivity contribution < 1.29 is 4.79 Å². The molecule has 0 saturated carbocycles. The molecule has 0 fully saturated rings. The summed E-state index contributed by atoms with van der Waals surface area (Å²) in [5, 5.41) is 3.32. The number of anilines is 2. The van der Waals surface area contributed by atoms with E-state index in [1.807, 2.05) is 4.57 Å². The van der Waals surface area contributed by atoms with Gasteiger partial charge in [-0.05, 0) is 24.6 Å². The normalized spacial score (nSPS) is 10.5. The van der Waals surface area contributed by atoms with Crippen LogP contribution in [0.5, 0.6) is 0 Å². The van der Waals surface area contributed by atoms with Crippen LogP contribution in [-0.2, 0) is 17.8 Å². The smallest absolute Gasteiger partial charge is 0.244 e. The fourth-order valence-corrected chi connectivity index (χ4v) is 2.11. The summed E-state index contributed by atoms with van der Waals surface area (Å²) in [5.41, 5.74) is 6.82. The number of carbonyl (C=O) groups excluding carboxylic acids is 1. The maximum atomic E-state index is 12.0. The molecule has 0 saturated heterocycles. The molecule has 6 heteroatoms. The van der Waals surface area contributed by atoms with Crippen molar-refractivity contribution in [3.63, 3.8) is 0 Å². The number of amides is 1. The van der Waals surface area contributed by atoms with Crippen LogP contribution in [0.25, 0.3) is 0 Å². The summed E-state index contributed by atoms with van der Waals surface area (Å²) >= 11 is 5.82. The highest BCUT2D eigenvalue weighted by Gasteiger charge is 2.09. The molecule has 1 heterocycles. The highest BCUT2D eigenvalue weighted by Crippen LogP contribution is 2.22. The molecule has 2 aromatic rings. The number of imidazole rings is 1. The summed E-state index contributed by atoms with van der Waals surface area (Å²) in [6.45, 7) is 2.30. The summed E-state index contributed by atoms with van der Waals surface area (Å²) in [7, 11) is 0. The van der Waals surface area contributed by atoms with Crippen molar-refractivity contribution in [1.29, 1.82) is 0 Å². The Labute approximate surface area is 122 Å². The Balaban J connectivity index is 2.03. The minimum atomic E-state index is -0.144. The lowest BCUT2D eigenvalue weighted by Gasteiger charge is -2.10.